The predicted octanol–water partition coefficient (Wildman–Crippen LogP) is 15.7. The summed E-state index contributed by atoms with van der Waals surface area (Å²) in [6.07, 6.45) is 61.0. The summed E-state index contributed by atoms with van der Waals surface area (Å²) in [5.74, 6) is -0.340. The van der Waals surface area contributed by atoms with Crippen molar-refractivity contribution in [1.82, 2.24) is 0 Å². The van der Waals surface area contributed by atoms with Gasteiger partial charge in [0, 0.05) is 19.6 Å². The SMILES string of the molecule is CCCCCC/C=C\C/C=C\CCCCCCCCCC(=O)OC(COCCCCCCCCCCC/C=C\C/C=C\C/C=C\CCCCCCC)COP(=O)(O)OCCN. The quantitative estimate of drug-likeness (QED) is 0.0269. The Bertz CT molecular complexity index is 1120. The Labute approximate surface area is 376 Å². The molecular weight excluding hydrogens is 782 g/mol. The van der Waals surface area contributed by atoms with Crippen LogP contribution in [0.3, 0.4) is 0 Å². The smallest absolute Gasteiger partial charge is 0.457 e. The highest BCUT2D eigenvalue weighted by molar-refractivity contribution is 7.47. The number of ether oxygens (including phenoxy) is 2. The number of nitrogens with two attached hydrogens (primary N) is 1. The van der Waals surface area contributed by atoms with Crippen molar-refractivity contribution in [2.45, 2.75) is 232 Å². The molecule has 61 heavy (non-hydrogen) atoms. The van der Waals surface area contributed by atoms with Crippen molar-refractivity contribution in [3.8, 4) is 0 Å². The van der Waals surface area contributed by atoms with Gasteiger partial charge in [0.25, 0.3) is 0 Å². The van der Waals surface area contributed by atoms with Gasteiger partial charge < -0.3 is 20.1 Å². The highest BCUT2D eigenvalue weighted by Gasteiger charge is 2.25. The average Bonchev–Trinajstić information content (AvgIpc) is 3.25. The molecule has 0 aliphatic rings. The van der Waals surface area contributed by atoms with E-state index in [0.29, 0.717) is 13.0 Å². The van der Waals surface area contributed by atoms with E-state index in [4.69, 9.17) is 24.3 Å². The molecule has 3 N–H and O–H groups in total. The minimum absolute atomic E-state index is 0.0958. The van der Waals surface area contributed by atoms with E-state index in [1.165, 1.54) is 148 Å². The maximum Gasteiger partial charge on any atom is 0.472 e. The number of hydrogen-bond acceptors (Lipinski definition) is 7. The van der Waals surface area contributed by atoms with Gasteiger partial charge >= 0.3 is 13.8 Å². The molecule has 0 spiro atoms. The zero-order chi connectivity index (χ0) is 44.4. The number of rotatable bonds is 48. The summed E-state index contributed by atoms with van der Waals surface area (Å²) in [7, 11) is -4.29. The summed E-state index contributed by atoms with van der Waals surface area (Å²) in [4.78, 5) is 22.6. The van der Waals surface area contributed by atoms with Gasteiger partial charge in [0.1, 0.15) is 6.10 Å². The van der Waals surface area contributed by atoms with Crippen LogP contribution in [0, 0.1) is 0 Å². The molecule has 8 nitrogen and oxygen atoms in total. The van der Waals surface area contributed by atoms with Crippen molar-refractivity contribution in [3.05, 3.63) is 60.8 Å². The van der Waals surface area contributed by atoms with Crippen LogP contribution in [0.4, 0.5) is 0 Å². The molecule has 0 amide bonds. The van der Waals surface area contributed by atoms with Crippen LogP contribution in [0.2, 0.25) is 0 Å². The first-order valence-electron chi connectivity index (χ1n) is 25.3. The summed E-state index contributed by atoms with van der Waals surface area (Å²) >= 11 is 0. The Morgan fingerprint density at radius 1 is 0.492 bits per heavy atom. The highest BCUT2D eigenvalue weighted by atomic mass is 31.2. The Morgan fingerprint density at radius 2 is 0.869 bits per heavy atom. The molecular formula is C52H96NO7P. The van der Waals surface area contributed by atoms with Gasteiger partial charge in [-0.3, -0.25) is 13.8 Å². The molecule has 0 aromatic rings. The predicted molar refractivity (Wildman–Crippen MR) is 261 cm³/mol. The lowest BCUT2D eigenvalue weighted by atomic mass is 10.1. The lowest BCUT2D eigenvalue weighted by Crippen LogP contribution is -2.28. The van der Waals surface area contributed by atoms with Gasteiger partial charge in [-0.15, -0.1) is 0 Å². The van der Waals surface area contributed by atoms with Gasteiger partial charge in [-0.05, 0) is 83.5 Å². The Kier molecular flexibility index (Phi) is 47.8. The van der Waals surface area contributed by atoms with Crippen molar-refractivity contribution in [2.24, 2.45) is 5.73 Å². The lowest BCUT2D eigenvalue weighted by molar-refractivity contribution is -0.154. The molecule has 0 radical (unpaired) electrons. The number of phosphoric ester groups is 1. The molecule has 2 unspecified atom stereocenters. The van der Waals surface area contributed by atoms with Gasteiger partial charge in [0.05, 0.1) is 19.8 Å². The zero-order valence-electron chi connectivity index (χ0n) is 39.6. The molecule has 0 aromatic heterocycles. The molecule has 9 heteroatoms. The van der Waals surface area contributed by atoms with E-state index in [1.54, 1.807) is 0 Å². The first-order chi connectivity index (χ1) is 29.9. The monoisotopic (exact) mass is 878 g/mol. The topological polar surface area (TPSA) is 117 Å². The second kappa shape index (κ2) is 49.2. The number of phosphoric acid groups is 1. The van der Waals surface area contributed by atoms with E-state index in [9.17, 15) is 14.3 Å². The molecule has 0 rings (SSSR count). The summed E-state index contributed by atoms with van der Waals surface area (Å²) < 4.78 is 33.6. The largest absolute Gasteiger partial charge is 0.472 e. The molecule has 0 aliphatic heterocycles. The van der Waals surface area contributed by atoms with Crippen molar-refractivity contribution < 1.29 is 32.8 Å². The molecule has 0 saturated carbocycles. The fourth-order valence-electron chi connectivity index (χ4n) is 6.92. The highest BCUT2D eigenvalue weighted by Crippen LogP contribution is 2.43. The Balaban J connectivity index is 3.98. The van der Waals surface area contributed by atoms with Crippen LogP contribution in [0.5, 0.6) is 0 Å². The first kappa shape index (κ1) is 59.2. The van der Waals surface area contributed by atoms with Crippen molar-refractivity contribution in [2.75, 3.05) is 33.0 Å². The van der Waals surface area contributed by atoms with Crippen LogP contribution in [-0.2, 0) is 27.9 Å². The Morgan fingerprint density at radius 3 is 1.31 bits per heavy atom. The normalized spacial score (nSPS) is 13.8. The van der Waals surface area contributed by atoms with E-state index >= 15 is 0 Å². The van der Waals surface area contributed by atoms with E-state index in [1.807, 2.05) is 0 Å². The van der Waals surface area contributed by atoms with Crippen molar-refractivity contribution in [3.63, 3.8) is 0 Å². The second-order valence-electron chi connectivity index (χ2n) is 16.7. The minimum Gasteiger partial charge on any atom is -0.457 e. The first-order valence-corrected chi connectivity index (χ1v) is 26.8. The van der Waals surface area contributed by atoms with Crippen LogP contribution in [0.15, 0.2) is 60.8 Å². The van der Waals surface area contributed by atoms with Gasteiger partial charge in [0.2, 0.25) is 0 Å². The van der Waals surface area contributed by atoms with Crippen LogP contribution >= 0.6 is 7.82 Å². The fourth-order valence-corrected chi connectivity index (χ4v) is 7.68. The average molecular weight is 878 g/mol. The molecule has 0 fully saturated rings. The number of carbonyl (C=O) groups excluding carboxylic acids is 1. The van der Waals surface area contributed by atoms with E-state index in [2.05, 4.69) is 74.6 Å². The van der Waals surface area contributed by atoms with Gasteiger partial charge in [-0.25, -0.2) is 4.57 Å². The lowest BCUT2D eigenvalue weighted by Gasteiger charge is -2.20. The molecule has 2 atom stereocenters. The summed E-state index contributed by atoms with van der Waals surface area (Å²) in [5.41, 5.74) is 5.39. The third-order valence-corrected chi connectivity index (χ3v) is 11.6. The Hall–Kier alpha value is -1.80. The van der Waals surface area contributed by atoms with Crippen LogP contribution in [0.25, 0.3) is 0 Å². The van der Waals surface area contributed by atoms with Crippen LogP contribution in [0.1, 0.15) is 226 Å². The molecule has 0 saturated heterocycles. The fraction of sp³-hybridized carbons (Fsp3) is 0.788. The standard InChI is InChI=1S/C52H96NO7P/c1-3-5-7-9-11-13-15-17-19-21-23-24-25-26-27-28-30-32-34-36-38-40-42-44-47-57-49-51(50-59-61(55,56)58-48-46-53)60-52(54)45-43-41-39-37-35-33-31-29-22-20-18-16-14-12-10-8-6-4-2/h14-17,20-23,25-26,51H,3-13,18-19,24,27-50,53H2,1-2H3,(H,55,56)/b16-14-,17-15-,22-20-,23-21-,26-25-. The van der Waals surface area contributed by atoms with Gasteiger partial charge in [-0.1, -0.05) is 197 Å². The zero-order valence-corrected chi connectivity index (χ0v) is 40.5. The van der Waals surface area contributed by atoms with Crippen LogP contribution < -0.4 is 5.73 Å². The third-order valence-electron chi connectivity index (χ3n) is 10.7. The number of carbonyl (C=O) groups is 1. The summed E-state index contributed by atoms with van der Waals surface area (Å²) in [6, 6.07) is 0. The van der Waals surface area contributed by atoms with Crippen LogP contribution in [-0.4, -0.2) is 49.9 Å². The third kappa shape index (κ3) is 49.1. The van der Waals surface area contributed by atoms with E-state index in [-0.39, 0.29) is 32.3 Å². The molecule has 0 bridgehead atoms. The minimum atomic E-state index is -4.29. The molecule has 0 aromatic carbocycles. The molecule has 0 heterocycles. The van der Waals surface area contributed by atoms with Gasteiger partial charge in [-0.2, -0.15) is 0 Å². The van der Waals surface area contributed by atoms with Gasteiger partial charge in [0.15, 0.2) is 0 Å². The number of unbranched alkanes of at least 4 members (excludes halogenated alkanes) is 25. The summed E-state index contributed by atoms with van der Waals surface area (Å²) in [5, 5.41) is 0. The second-order valence-corrected chi connectivity index (χ2v) is 18.1. The maximum atomic E-state index is 12.6. The molecule has 0 aliphatic carbocycles. The molecule has 356 valence electrons. The number of esters is 1. The van der Waals surface area contributed by atoms with E-state index < -0.39 is 13.9 Å². The van der Waals surface area contributed by atoms with Crippen molar-refractivity contribution in [1.29, 1.82) is 0 Å². The van der Waals surface area contributed by atoms with E-state index in [0.717, 1.165) is 57.8 Å². The summed E-state index contributed by atoms with van der Waals surface area (Å²) in [6.45, 7) is 4.88. The maximum absolute atomic E-state index is 12.6. The number of hydrogen-bond donors (Lipinski definition) is 2. The number of allylic oxidation sites excluding steroid dienone is 10. The van der Waals surface area contributed by atoms with Crippen molar-refractivity contribution >= 4 is 13.8 Å².